The molecule has 1 atom stereocenters. The minimum atomic E-state index is -0.640. The number of nitrogens with one attached hydrogen (secondary N) is 1. The van der Waals surface area contributed by atoms with Gasteiger partial charge in [-0.05, 0) is 85.4 Å². The molecular formula is C35H35ClN4O2. The number of hydrogen-bond donors (Lipinski definition) is 2. The number of likely N-dealkylation sites (tertiary alicyclic amines) is 1. The predicted octanol–water partition coefficient (Wildman–Crippen LogP) is 7.78. The minimum Gasteiger partial charge on any atom is -0.506 e. The number of fused-ring (bicyclic) bond motifs is 2. The standard InChI is InChI=1S/C34H31ClN4O2.CH4/c1-38-17-15-23(16-18-38)21-9-11-22(12-10-21)24-13-14-25-20-39(34(41)27(25)19-24)31(26-5-4-6-28(35)32(26)40)33-36-29-7-2-3-8-30(29)37-33;/h2-14,19,23,31,40H,15-18,20H2,1H3,(H,36,37);1H4. The summed E-state index contributed by atoms with van der Waals surface area (Å²) in [6.07, 6.45) is 2.38. The molecule has 6 nitrogen and oxygen atoms in total. The average molecular weight is 579 g/mol. The van der Waals surface area contributed by atoms with E-state index in [0.29, 0.717) is 29.4 Å². The molecule has 1 fully saturated rings. The number of amides is 1. The van der Waals surface area contributed by atoms with Crippen LogP contribution in [0, 0.1) is 0 Å². The number of nitrogens with zero attached hydrogens (tertiary/aromatic N) is 3. The zero-order chi connectivity index (χ0) is 28.1. The number of imidazole rings is 1. The number of halogens is 1. The first-order valence-corrected chi connectivity index (χ1v) is 14.5. The lowest BCUT2D eigenvalue weighted by Gasteiger charge is -2.29. The number of carbonyl (C=O) groups is 1. The molecule has 2 N–H and O–H groups in total. The molecule has 0 radical (unpaired) electrons. The van der Waals surface area contributed by atoms with Gasteiger partial charge in [-0.1, -0.05) is 79.7 Å². The van der Waals surface area contributed by atoms with Crippen LogP contribution in [-0.4, -0.2) is 50.9 Å². The number of phenolic OH excluding ortho intramolecular Hbond substituents is 1. The number of carbonyl (C=O) groups excluding carboxylic acids is 1. The molecule has 0 spiro atoms. The number of piperidine rings is 1. The van der Waals surface area contributed by atoms with Gasteiger partial charge in [0.15, 0.2) is 0 Å². The van der Waals surface area contributed by atoms with Crippen LogP contribution in [0.1, 0.15) is 65.1 Å². The highest BCUT2D eigenvalue weighted by Crippen LogP contribution is 2.42. The van der Waals surface area contributed by atoms with E-state index in [1.54, 1.807) is 23.1 Å². The summed E-state index contributed by atoms with van der Waals surface area (Å²) in [5, 5.41) is 11.2. The minimum absolute atomic E-state index is 0. The summed E-state index contributed by atoms with van der Waals surface area (Å²) in [4.78, 5) is 26.4. The Balaban J connectivity index is 0.00000316. The summed E-state index contributed by atoms with van der Waals surface area (Å²) >= 11 is 6.33. The summed E-state index contributed by atoms with van der Waals surface area (Å²) in [5.74, 6) is 1.03. The van der Waals surface area contributed by atoms with Crippen LogP contribution >= 0.6 is 11.6 Å². The Morgan fingerprint density at radius 1 is 0.952 bits per heavy atom. The number of rotatable bonds is 5. The summed E-state index contributed by atoms with van der Waals surface area (Å²) < 4.78 is 0. The zero-order valence-corrected chi connectivity index (χ0v) is 23.6. The molecule has 1 unspecified atom stereocenters. The number of H-pyrrole nitrogens is 1. The second-order valence-electron chi connectivity index (χ2n) is 11.2. The van der Waals surface area contributed by atoms with Gasteiger partial charge in [0, 0.05) is 17.7 Å². The average Bonchev–Trinajstić information content (AvgIpc) is 3.57. The van der Waals surface area contributed by atoms with E-state index in [4.69, 9.17) is 16.6 Å². The molecular weight excluding hydrogens is 544 g/mol. The van der Waals surface area contributed by atoms with E-state index in [2.05, 4.69) is 47.3 Å². The Bertz CT molecular complexity index is 1720. The van der Waals surface area contributed by atoms with E-state index in [1.807, 2.05) is 36.4 Å². The second kappa shape index (κ2) is 11.3. The number of aromatic nitrogens is 2. The molecule has 1 saturated heterocycles. The molecule has 7 heteroatoms. The fraction of sp³-hybridized carbons (Fsp3) is 0.257. The maximum absolute atomic E-state index is 14.0. The lowest BCUT2D eigenvalue weighted by atomic mass is 9.88. The third kappa shape index (κ3) is 4.95. The SMILES string of the molecule is C.CN1CCC(c2ccc(-c3ccc4c(c3)C(=O)N(C(c3nc5ccccc5[nH]3)c3cccc(Cl)c3O)C4)cc2)CC1. The highest BCUT2D eigenvalue weighted by molar-refractivity contribution is 6.32. The van der Waals surface area contributed by atoms with Crippen molar-refractivity contribution in [3.63, 3.8) is 0 Å². The lowest BCUT2D eigenvalue weighted by Crippen LogP contribution is -2.31. The van der Waals surface area contributed by atoms with Gasteiger partial charge >= 0.3 is 0 Å². The maximum atomic E-state index is 14.0. The number of para-hydroxylation sites is 3. The van der Waals surface area contributed by atoms with Crippen molar-refractivity contribution in [3.8, 4) is 16.9 Å². The molecule has 5 aromatic rings. The van der Waals surface area contributed by atoms with E-state index in [-0.39, 0.29) is 24.1 Å². The second-order valence-corrected chi connectivity index (χ2v) is 11.6. The number of benzene rings is 4. The Morgan fingerprint density at radius 2 is 1.69 bits per heavy atom. The van der Waals surface area contributed by atoms with Gasteiger partial charge in [0.2, 0.25) is 0 Å². The zero-order valence-electron chi connectivity index (χ0n) is 22.8. The number of aromatic amines is 1. The number of hydrogen-bond acceptors (Lipinski definition) is 4. The van der Waals surface area contributed by atoms with E-state index in [0.717, 1.165) is 40.8 Å². The van der Waals surface area contributed by atoms with Crippen molar-refractivity contribution in [2.24, 2.45) is 0 Å². The van der Waals surface area contributed by atoms with Crippen LogP contribution < -0.4 is 0 Å². The molecule has 42 heavy (non-hydrogen) atoms. The van der Waals surface area contributed by atoms with Crippen LogP contribution in [0.3, 0.4) is 0 Å². The van der Waals surface area contributed by atoms with E-state index < -0.39 is 6.04 Å². The first kappa shape index (κ1) is 28.0. The van der Waals surface area contributed by atoms with Crippen LogP contribution in [-0.2, 0) is 6.54 Å². The normalized spacial score (nSPS) is 16.4. The monoisotopic (exact) mass is 578 g/mol. The van der Waals surface area contributed by atoms with Gasteiger partial charge in [-0.15, -0.1) is 0 Å². The highest BCUT2D eigenvalue weighted by atomic mass is 35.5. The fourth-order valence-electron chi connectivity index (χ4n) is 6.32. The molecule has 2 aliphatic rings. The Labute approximate surface area is 251 Å². The Morgan fingerprint density at radius 3 is 2.45 bits per heavy atom. The molecule has 2 aliphatic heterocycles. The molecule has 4 aromatic carbocycles. The van der Waals surface area contributed by atoms with E-state index >= 15 is 0 Å². The first-order chi connectivity index (χ1) is 20.0. The predicted molar refractivity (Wildman–Crippen MR) is 169 cm³/mol. The summed E-state index contributed by atoms with van der Waals surface area (Å²) in [7, 11) is 2.19. The third-order valence-electron chi connectivity index (χ3n) is 8.67. The van der Waals surface area contributed by atoms with Crippen molar-refractivity contribution < 1.29 is 9.90 Å². The molecule has 1 aromatic heterocycles. The van der Waals surface area contributed by atoms with Crippen LogP contribution in [0.2, 0.25) is 5.02 Å². The Kier molecular flexibility index (Phi) is 7.52. The first-order valence-electron chi connectivity index (χ1n) is 14.1. The molecule has 1 amide bonds. The van der Waals surface area contributed by atoms with E-state index in [1.165, 1.54) is 18.4 Å². The summed E-state index contributed by atoms with van der Waals surface area (Å²) in [5.41, 5.74) is 7.31. The lowest BCUT2D eigenvalue weighted by molar-refractivity contribution is 0.0724. The van der Waals surface area contributed by atoms with Gasteiger partial charge in [0.25, 0.3) is 5.91 Å². The molecule has 7 rings (SSSR count). The quantitative estimate of drug-likeness (QED) is 0.223. The van der Waals surface area contributed by atoms with Crippen LogP contribution in [0.25, 0.3) is 22.2 Å². The molecule has 3 heterocycles. The summed E-state index contributed by atoms with van der Waals surface area (Å²) in [6.45, 7) is 2.67. The summed E-state index contributed by atoms with van der Waals surface area (Å²) in [6, 6.07) is 27.3. The van der Waals surface area contributed by atoms with Crippen molar-refractivity contribution >= 4 is 28.5 Å². The van der Waals surface area contributed by atoms with Gasteiger partial charge in [-0.2, -0.15) is 0 Å². The van der Waals surface area contributed by atoms with Gasteiger partial charge in [0.1, 0.15) is 17.6 Å². The van der Waals surface area contributed by atoms with Crippen molar-refractivity contribution in [3.05, 3.63) is 118 Å². The van der Waals surface area contributed by atoms with Crippen LogP contribution in [0.4, 0.5) is 0 Å². The fourth-order valence-corrected chi connectivity index (χ4v) is 6.50. The smallest absolute Gasteiger partial charge is 0.255 e. The maximum Gasteiger partial charge on any atom is 0.255 e. The molecule has 214 valence electrons. The van der Waals surface area contributed by atoms with Gasteiger partial charge in [-0.25, -0.2) is 4.98 Å². The van der Waals surface area contributed by atoms with Gasteiger partial charge < -0.3 is 19.9 Å². The number of phenols is 1. The van der Waals surface area contributed by atoms with Crippen molar-refractivity contribution in [1.29, 1.82) is 0 Å². The Hall–Kier alpha value is -4.13. The largest absolute Gasteiger partial charge is 0.506 e. The van der Waals surface area contributed by atoms with Gasteiger partial charge in [0.05, 0.1) is 16.1 Å². The van der Waals surface area contributed by atoms with Crippen LogP contribution in [0.5, 0.6) is 5.75 Å². The van der Waals surface area contributed by atoms with E-state index in [9.17, 15) is 9.90 Å². The van der Waals surface area contributed by atoms with Crippen molar-refractivity contribution in [2.75, 3.05) is 20.1 Å². The number of aromatic hydroxyl groups is 1. The van der Waals surface area contributed by atoms with Gasteiger partial charge in [-0.3, -0.25) is 4.79 Å². The van der Waals surface area contributed by atoms with Crippen LogP contribution in [0.15, 0.2) is 84.9 Å². The topological polar surface area (TPSA) is 72.5 Å². The van der Waals surface area contributed by atoms with Crippen molar-refractivity contribution in [1.82, 2.24) is 19.8 Å². The van der Waals surface area contributed by atoms with Crippen molar-refractivity contribution in [2.45, 2.75) is 38.8 Å². The highest BCUT2D eigenvalue weighted by Gasteiger charge is 2.37. The molecule has 0 bridgehead atoms. The molecule has 0 saturated carbocycles. The third-order valence-corrected chi connectivity index (χ3v) is 8.97. The molecule has 0 aliphatic carbocycles.